The number of aryl methyl sites for hydroxylation is 2. The molecule has 1 N–H and O–H groups in total. The summed E-state index contributed by atoms with van der Waals surface area (Å²) in [4.78, 5) is 7.14. The number of rotatable bonds is 2. The van der Waals surface area contributed by atoms with Crippen LogP contribution in [0.1, 0.15) is 18.3 Å². The van der Waals surface area contributed by atoms with Gasteiger partial charge in [-0.15, -0.1) is 0 Å². The van der Waals surface area contributed by atoms with Crippen molar-refractivity contribution in [2.45, 2.75) is 20.3 Å². The van der Waals surface area contributed by atoms with E-state index in [9.17, 15) is 8.78 Å². The molecule has 3 aromatic rings. The van der Waals surface area contributed by atoms with Crippen LogP contribution in [0.15, 0.2) is 18.2 Å². The number of aromatic nitrogens is 4. The third kappa shape index (κ3) is 2.03. The van der Waals surface area contributed by atoms with Gasteiger partial charge < -0.3 is 4.98 Å². The van der Waals surface area contributed by atoms with Gasteiger partial charge in [0.1, 0.15) is 17.2 Å². The van der Waals surface area contributed by atoms with Gasteiger partial charge >= 0.3 is 0 Å². The van der Waals surface area contributed by atoms with Crippen molar-refractivity contribution in [3.63, 3.8) is 0 Å². The lowest BCUT2D eigenvalue weighted by molar-refractivity contribution is 0.591. The molecule has 4 nitrogen and oxygen atoms in total. The van der Waals surface area contributed by atoms with Crippen LogP contribution in [-0.2, 0) is 6.42 Å². The zero-order chi connectivity index (χ0) is 14.3. The zero-order valence-electron chi connectivity index (χ0n) is 11.0. The molecule has 0 unspecified atom stereocenters. The lowest BCUT2D eigenvalue weighted by Crippen LogP contribution is -1.98. The van der Waals surface area contributed by atoms with Gasteiger partial charge in [-0.1, -0.05) is 6.92 Å². The molecule has 0 aliphatic heterocycles. The number of fused-ring (bicyclic) bond motifs is 1. The van der Waals surface area contributed by atoms with Crippen LogP contribution in [0.3, 0.4) is 0 Å². The molecule has 0 saturated carbocycles. The van der Waals surface area contributed by atoms with E-state index in [1.54, 1.807) is 0 Å². The van der Waals surface area contributed by atoms with Crippen LogP contribution in [0.25, 0.3) is 22.4 Å². The number of hydrogen-bond donors (Lipinski definition) is 1. The predicted octanol–water partition coefficient (Wildman–Crippen LogP) is 3.17. The van der Waals surface area contributed by atoms with Crippen molar-refractivity contribution in [2.75, 3.05) is 0 Å². The molecule has 6 heteroatoms. The first-order valence-electron chi connectivity index (χ1n) is 6.27. The summed E-state index contributed by atoms with van der Waals surface area (Å²) in [6.45, 7) is 3.77. The van der Waals surface area contributed by atoms with Crippen molar-refractivity contribution in [1.29, 1.82) is 0 Å². The van der Waals surface area contributed by atoms with E-state index in [0.29, 0.717) is 17.8 Å². The Labute approximate surface area is 113 Å². The maximum atomic E-state index is 13.7. The second-order valence-electron chi connectivity index (χ2n) is 4.57. The van der Waals surface area contributed by atoms with Gasteiger partial charge in [0.05, 0.1) is 16.9 Å². The Morgan fingerprint density at radius 1 is 1.15 bits per heavy atom. The summed E-state index contributed by atoms with van der Waals surface area (Å²) < 4.78 is 26.9. The molecule has 0 aliphatic rings. The predicted molar refractivity (Wildman–Crippen MR) is 71.2 cm³/mol. The first-order chi connectivity index (χ1) is 9.58. The molecule has 0 saturated heterocycles. The topological polar surface area (TPSA) is 54.5 Å². The number of imidazole rings is 1. The van der Waals surface area contributed by atoms with Gasteiger partial charge in [0.2, 0.25) is 0 Å². The van der Waals surface area contributed by atoms with E-state index >= 15 is 0 Å². The van der Waals surface area contributed by atoms with E-state index < -0.39 is 11.6 Å². The van der Waals surface area contributed by atoms with E-state index in [1.807, 2.05) is 19.9 Å². The Hall–Kier alpha value is -2.37. The van der Waals surface area contributed by atoms with E-state index in [1.165, 1.54) is 6.07 Å². The number of halogens is 2. The Bertz CT molecular complexity index is 795. The molecule has 0 aliphatic carbocycles. The summed E-state index contributed by atoms with van der Waals surface area (Å²) in [7, 11) is 0. The second kappa shape index (κ2) is 4.63. The Morgan fingerprint density at radius 3 is 2.70 bits per heavy atom. The van der Waals surface area contributed by atoms with Gasteiger partial charge in [0.15, 0.2) is 5.82 Å². The normalized spacial score (nSPS) is 11.2. The van der Waals surface area contributed by atoms with E-state index in [-0.39, 0.29) is 5.52 Å². The molecule has 102 valence electrons. The summed E-state index contributed by atoms with van der Waals surface area (Å²) in [5.41, 5.74) is 2.71. The minimum Gasteiger partial charge on any atom is -0.338 e. The van der Waals surface area contributed by atoms with Crippen molar-refractivity contribution in [3.8, 4) is 11.4 Å². The Kier molecular flexibility index (Phi) is 2.93. The van der Waals surface area contributed by atoms with Gasteiger partial charge in [-0.3, -0.25) is 0 Å². The number of nitrogens with zero attached hydrogens (tertiary/aromatic N) is 3. The van der Waals surface area contributed by atoms with Crippen LogP contribution in [0.2, 0.25) is 0 Å². The SMILES string of the molecule is CCc1nnc(C)cc1-c1nc2c(F)cc(F)cc2[nH]1. The summed E-state index contributed by atoms with van der Waals surface area (Å²) in [5, 5.41) is 8.10. The van der Waals surface area contributed by atoms with Crippen molar-refractivity contribution in [2.24, 2.45) is 0 Å². The van der Waals surface area contributed by atoms with Gasteiger partial charge in [-0.25, -0.2) is 13.8 Å². The van der Waals surface area contributed by atoms with Crippen LogP contribution in [0, 0.1) is 18.6 Å². The van der Waals surface area contributed by atoms with Crippen molar-refractivity contribution >= 4 is 11.0 Å². The highest BCUT2D eigenvalue weighted by Crippen LogP contribution is 2.25. The second-order valence-corrected chi connectivity index (χ2v) is 4.57. The van der Waals surface area contributed by atoms with Gasteiger partial charge in [-0.05, 0) is 25.5 Å². The molecule has 0 fully saturated rings. The first kappa shape index (κ1) is 12.7. The van der Waals surface area contributed by atoms with Crippen LogP contribution >= 0.6 is 0 Å². The van der Waals surface area contributed by atoms with Crippen LogP contribution in [-0.4, -0.2) is 20.2 Å². The Balaban J connectivity index is 2.25. The van der Waals surface area contributed by atoms with Gasteiger partial charge in [0.25, 0.3) is 0 Å². The van der Waals surface area contributed by atoms with Gasteiger partial charge in [0, 0.05) is 11.6 Å². The zero-order valence-corrected chi connectivity index (χ0v) is 11.0. The average molecular weight is 274 g/mol. The molecule has 3 rings (SSSR count). The third-order valence-corrected chi connectivity index (χ3v) is 3.09. The maximum absolute atomic E-state index is 13.7. The maximum Gasteiger partial charge on any atom is 0.153 e. The monoisotopic (exact) mass is 274 g/mol. The van der Waals surface area contributed by atoms with Crippen LogP contribution in [0.5, 0.6) is 0 Å². The fourth-order valence-electron chi connectivity index (χ4n) is 2.15. The van der Waals surface area contributed by atoms with Crippen molar-refractivity contribution in [3.05, 3.63) is 41.2 Å². The lowest BCUT2D eigenvalue weighted by Gasteiger charge is -2.03. The third-order valence-electron chi connectivity index (χ3n) is 3.09. The fourth-order valence-corrected chi connectivity index (χ4v) is 2.15. The van der Waals surface area contributed by atoms with Crippen molar-refractivity contribution in [1.82, 2.24) is 20.2 Å². The summed E-state index contributed by atoms with van der Waals surface area (Å²) in [6, 6.07) is 3.88. The molecule has 1 aromatic carbocycles. The molecule has 0 amide bonds. The minimum absolute atomic E-state index is 0.123. The smallest absolute Gasteiger partial charge is 0.153 e. The average Bonchev–Trinajstić information content (AvgIpc) is 2.82. The highest BCUT2D eigenvalue weighted by atomic mass is 19.1. The first-order valence-corrected chi connectivity index (χ1v) is 6.27. The molecule has 2 aromatic heterocycles. The largest absolute Gasteiger partial charge is 0.338 e. The van der Waals surface area contributed by atoms with Crippen LogP contribution in [0.4, 0.5) is 8.78 Å². The molecule has 0 bridgehead atoms. The standard InChI is InChI=1S/C14H12F2N4/c1-3-11-9(4-7(2)19-20-11)14-17-12-6-8(15)5-10(16)13(12)18-14/h4-6H,3H2,1-2H3,(H,17,18). The number of aromatic amines is 1. The quantitative estimate of drug-likeness (QED) is 0.781. The number of benzene rings is 1. The highest BCUT2D eigenvalue weighted by Gasteiger charge is 2.14. The molecule has 20 heavy (non-hydrogen) atoms. The van der Waals surface area contributed by atoms with E-state index in [4.69, 9.17) is 0 Å². The minimum atomic E-state index is -0.681. The number of hydrogen-bond acceptors (Lipinski definition) is 3. The summed E-state index contributed by atoms with van der Waals surface area (Å²) >= 11 is 0. The number of H-pyrrole nitrogens is 1. The number of nitrogens with one attached hydrogen (secondary N) is 1. The molecule has 2 heterocycles. The highest BCUT2D eigenvalue weighted by molar-refractivity contribution is 5.80. The molecule has 0 radical (unpaired) electrons. The molecular formula is C14H12F2N4. The van der Waals surface area contributed by atoms with E-state index in [2.05, 4.69) is 20.2 Å². The van der Waals surface area contributed by atoms with Crippen LogP contribution < -0.4 is 0 Å². The molecular weight excluding hydrogens is 262 g/mol. The fraction of sp³-hybridized carbons (Fsp3) is 0.214. The summed E-state index contributed by atoms with van der Waals surface area (Å²) in [5.74, 6) is -0.844. The lowest BCUT2D eigenvalue weighted by atomic mass is 10.1. The molecule has 0 spiro atoms. The Morgan fingerprint density at radius 2 is 1.95 bits per heavy atom. The van der Waals surface area contributed by atoms with E-state index in [0.717, 1.165) is 23.0 Å². The van der Waals surface area contributed by atoms with Crippen molar-refractivity contribution < 1.29 is 8.78 Å². The molecule has 0 atom stereocenters. The van der Waals surface area contributed by atoms with Gasteiger partial charge in [-0.2, -0.15) is 10.2 Å². The summed E-state index contributed by atoms with van der Waals surface area (Å²) in [6.07, 6.45) is 0.677.